The van der Waals surface area contributed by atoms with Crippen LogP contribution in [0.3, 0.4) is 0 Å². The van der Waals surface area contributed by atoms with Crippen LogP contribution in [0, 0.1) is 6.92 Å². The molecule has 0 unspecified atom stereocenters. The largest absolute Gasteiger partial charge is 0.461 e. The molecule has 0 atom stereocenters. The van der Waals surface area contributed by atoms with Crippen LogP contribution in [-0.4, -0.2) is 23.3 Å². The highest BCUT2D eigenvalue weighted by atomic mass is 79.9. The Bertz CT molecular complexity index is 509. The summed E-state index contributed by atoms with van der Waals surface area (Å²) in [5.41, 5.74) is 3.54. The van der Waals surface area contributed by atoms with E-state index in [-0.39, 0.29) is 23.9 Å². The van der Waals surface area contributed by atoms with Gasteiger partial charge in [0.15, 0.2) is 5.69 Å². The minimum absolute atomic E-state index is 0.0181. The highest BCUT2D eigenvalue weighted by molar-refractivity contribution is 9.10. The van der Waals surface area contributed by atoms with Crippen molar-refractivity contribution in [2.75, 3.05) is 12.0 Å². The fourth-order valence-corrected chi connectivity index (χ4v) is 2.06. The summed E-state index contributed by atoms with van der Waals surface area (Å²) in [6.45, 7) is 7.53. The number of esters is 1. The number of carbonyl (C=O) groups is 1. The quantitative estimate of drug-likeness (QED) is 0.864. The first-order valence-electron chi connectivity index (χ1n) is 5.74. The molecule has 0 aliphatic carbocycles. The third-order valence-electron chi connectivity index (χ3n) is 2.20. The number of pyridine rings is 1. The van der Waals surface area contributed by atoms with Gasteiger partial charge >= 0.3 is 5.97 Å². The number of aromatic nitrogens is 1. The van der Waals surface area contributed by atoms with Crippen molar-refractivity contribution in [2.45, 2.75) is 33.7 Å². The van der Waals surface area contributed by atoms with Crippen molar-refractivity contribution in [2.24, 2.45) is 0 Å². The van der Waals surface area contributed by atoms with E-state index in [0.29, 0.717) is 10.0 Å². The molecule has 0 aliphatic rings. The zero-order valence-electron chi connectivity index (χ0n) is 10.9. The van der Waals surface area contributed by atoms with Gasteiger partial charge in [0.1, 0.15) is 0 Å². The summed E-state index contributed by atoms with van der Waals surface area (Å²) in [4.78, 5) is 23.9. The number of aryl methyl sites for hydroxylation is 1. The van der Waals surface area contributed by atoms with E-state index in [1.165, 1.54) is 4.68 Å². The number of hydrogen-bond acceptors (Lipinski definition) is 4. The Morgan fingerprint density at radius 1 is 1.56 bits per heavy atom. The van der Waals surface area contributed by atoms with Gasteiger partial charge in [0, 0.05) is 6.04 Å². The number of carbonyl (C=O) groups excluding carboxylic acids is 1. The molecule has 0 saturated heterocycles. The molecule has 0 spiro atoms. The molecule has 0 aromatic carbocycles. The number of nitrogens with one attached hydrogen (secondary N) is 1. The van der Waals surface area contributed by atoms with E-state index in [4.69, 9.17) is 4.74 Å². The predicted molar refractivity (Wildman–Crippen MR) is 73.6 cm³/mol. The molecule has 1 heterocycles. The van der Waals surface area contributed by atoms with E-state index < -0.39 is 5.97 Å². The monoisotopic (exact) mass is 316 g/mol. The molecule has 0 fully saturated rings. The summed E-state index contributed by atoms with van der Waals surface area (Å²) >= 11 is 3.18. The van der Waals surface area contributed by atoms with Gasteiger partial charge < -0.3 is 10.2 Å². The van der Waals surface area contributed by atoms with Gasteiger partial charge in [0.2, 0.25) is 0 Å². The second-order valence-electron chi connectivity index (χ2n) is 4.17. The molecule has 0 amide bonds. The molecule has 18 heavy (non-hydrogen) atoms. The molecule has 0 bridgehead atoms. The summed E-state index contributed by atoms with van der Waals surface area (Å²) in [5, 5.41) is 0. The average molecular weight is 317 g/mol. The van der Waals surface area contributed by atoms with Crippen LogP contribution in [0.1, 0.15) is 36.8 Å². The molecular weight excluding hydrogens is 300 g/mol. The first-order chi connectivity index (χ1) is 8.38. The summed E-state index contributed by atoms with van der Waals surface area (Å²) in [7, 11) is 0. The molecule has 0 aliphatic heterocycles. The van der Waals surface area contributed by atoms with Crippen molar-refractivity contribution in [3.8, 4) is 0 Å². The van der Waals surface area contributed by atoms with Crippen LogP contribution in [0.15, 0.2) is 15.3 Å². The normalized spacial score (nSPS) is 10.6. The molecule has 1 aromatic rings. The Morgan fingerprint density at radius 3 is 2.67 bits per heavy atom. The fourth-order valence-electron chi connectivity index (χ4n) is 1.54. The van der Waals surface area contributed by atoms with Crippen molar-refractivity contribution >= 4 is 21.9 Å². The van der Waals surface area contributed by atoms with Gasteiger partial charge in [-0.1, -0.05) is 0 Å². The second kappa shape index (κ2) is 6.04. The van der Waals surface area contributed by atoms with Crippen molar-refractivity contribution in [1.29, 1.82) is 0 Å². The van der Waals surface area contributed by atoms with Crippen LogP contribution in [0.4, 0.5) is 0 Å². The number of rotatable bonds is 4. The maximum atomic E-state index is 12.0. The maximum Gasteiger partial charge on any atom is 0.357 e. The molecule has 0 saturated carbocycles. The highest BCUT2D eigenvalue weighted by Crippen LogP contribution is 2.12. The van der Waals surface area contributed by atoms with Crippen LogP contribution in [0.25, 0.3) is 0 Å². The van der Waals surface area contributed by atoms with E-state index in [1.807, 2.05) is 13.8 Å². The molecule has 6 heteroatoms. The number of nitrogens with zero attached hydrogens (tertiary/aromatic N) is 1. The first kappa shape index (κ1) is 14.8. The van der Waals surface area contributed by atoms with Crippen molar-refractivity contribution in [3.05, 3.63) is 32.2 Å². The first-order valence-corrected chi connectivity index (χ1v) is 6.53. The van der Waals surface area contributed by atoms with Gasteiger partial charge in [0.25, 0.3) is 5.56 Å². The summed E-state index contributed by atoms with van der Waals surface area (Å²) in [5.74, 6) is -0.507. The molecular formula is C12H17BrN2O3. The summed E-state index contributed by atoms with van der Waals surface area (Å²) < 4.78 is 6.61. The minimum atomic E-state index is -0.507. The van der Waals surface area contributed by atoms with Crippen LogP contribution < -0.4 is 11.0 Å². The number of halogens is 1. The lowest BCUT2D eigenvalue weighted by Gasteiger charge is -2.18. The molecule has 5 nitrogen and oxygen atoms in total. The number of hydrogen-bond donors (Lipinski definition) is 1. The summed E-state index contributed by atoms with van der Waals surface area (Å²) in [6.07, 6.45) is 0. The summed E-state index contributed by atoms with van der Waals surface area (Å²) in [6, 6.07) is 1.64. The van der Waals surface area contributed by atoms with Crippen LogP contribution >= 0.6 is 15.9 Å². The standard InChI is InChI=1S/C12H17BrN2O3/c1-5-18-12(17)10-8(4)6-9(13)11(16)15(10)14-7(2)3/h6-7,14H,5H2,1-4H3. The molecule has 0 radical (unpaired) electrons. The number of ether oxygens (including phenoxy) is 1. The van der Waals surface area contributed by atoms with Gasteiger partial charge in [-0.3, -0.25) is 4.79 Å². The van der Waals surface area contributed by atoms with Gasteiger partial charge in [-0.05, 0) is 55.3 Å². The molecule has 1 N–H and O–H groups in total. The lowest BCUT2D eigenvalue weighted by atomic mass is 10.2. The van der Waals surface area contributed by atoms with Gasteiger partial charge in [-0.2, -0.15) is 0 Å². The Kier molecular flexibility index (Phi) is 4.95. The molecule has 100 valence electrons. The van der Waals surface area contributed by atoms with E-state index in [0.717, 1.165) is 0 Å². The SMILES string of the molecule is CCOC(=O)c1c(C)cc(Br)c(=O)n1NC(C)C. The van der Waals surface area contributed by atoms with Gasteiger partial charge in [0.05, 0.1) is 11.1 Å². The smallest absolute Gasteiger partial charge is 0.357 e. The zero-order chi connectivity index (χ0) is 13.9. The van der Waals surface area contributed by atoms with Gasteiger partial charge in [-0.15, -0.1) is 0 Å². The molecule has 1 aromatic heterocycles. The fraction of sp³-hybridized carbons (Fsp3) is 0.500. The Balaban J connectivity index is 3.42. The average Bonchev–Trinajstić information content (AvgIpc) is 2.25. The third kappa shape index (κ3) is 3.13. The predicted octanol–water partition coefficient (Wildman–Crippen LogP) is 2.05. The minimum Gasteiger partial charge on any atom is -0.461 e. The van der Waals surface area contributed by atoms with Gasteiger partial charge in [-0.25, -0.2) is 9.47 Å². The lowest BCUT2D eigenvalue weighted by molar-refractivity contribution is 0.0512. The van der Waals surface area contributed by atoms with Crippen LogP contribution in [-0.2, 0) is 4.74 Å². The van der Waals surface area contributed by atoms with Crippen LogP contribution in [0.2, 0.25) is 0 Å². The second-order valence-corrected chi connectivity index (χ2v) is 5.02. The van der Waals surface area contributed by atoms with E-state index in [9.17, 15) is 9.59 Å². The Morgan fingerprint density at radius 2 is 2.17 bits per heavy atom. The maximum absolute atomic E-state index is 12.0. The van der Waals surface area contributed by atoms with Crippen molar-refractivity contribution < 1.29 is 9.53 Å². The topological polar surface area (TPSA) is 60.3 Å². The van der Waals surface area contributed by atoms with Crippen molar-refractivity contribution in [1.82, 2.24) is 4.68 Å². The Hall–Kier alpha value is -1.30. The lowest BCUT2D eigenvalue weighted by Crippen LogP contribution is -2.38. The van der Waals surface area contributed by atoms with Crippen molar-refractivity contribution in [3.63, 3.8) is 0 Å². The zero-order valence-corrected chi connectivity index (χ0v) is 12.5. The Labute approximate surface area is 114 Å². The van der Waals surface area contributed by atoms with E-state index >= 15 is 0 Å². The highest BCUT2D eigenvalue weighted by Gasteiger charge is 2.19. The molecule has 1 rings (SSSR count). The van der Waals surface area contributed by atoms with E-state index in [1.54, 1.807) is 19.9 Å². The van der Waals surface area contributed by atoms with Crippen LogP contribution in [0.5, 0.6) is 0 Å². The third-order valence-corrected chi connectivity index (χ3v) is 2.77. The van der Waals surface area contributed by atoms with E-state index in [2.05, 4.69) is 21.4 Å².